The van der Waals surface area contributed by atoms with Gasteiger partial charge in [0.1, 0.15) is 5.75 Å². The second-order valence-electron chi connectivity index (χ2n) is 6.10. The first-order valence-electron chi connectivity index (χ1n) is 9.01. The molecule has 2 aromatic rings. The molecule has 0 saturated carbocycles. The molecule has 0 bridgehead atoms. The first-order valence-corrected chi connectivity index (χ1v) is 9.39. The fourth-order valence-corrected chi connectivity index (χ4v) is 2.56. The molecule has 0 saturated heterocycles. The highest BCUT2D eigenvalue weighted by molar-refractivity contribution is 6.33. The molecule has 0 aliphatic rings. The number of hydrogen-bond donors (Lipinski definition) is 1. The number of halogens is 1. The third-order valence-corrected chi connectivity index (χ3v) is 4.29. The molecule has 0 spiro atoms. The van der Waals surface area contributed by atoms with Crippen molar-refractivity contribution in [2.75, 3.05) is 6.61 Å². The number of nitro benzene ring substituents is 1. The summed E-state index contributed by atoms with van der Waals surface area (Å²) < 4.78 is 5.64. The number of hydrazone groups is 1. The van der Waals surface area contributed by atoms with Crippen molar-refractivity contribution in [2.24, 2.45) is 5.10 Å². The summed E-state index contributed by atoms with van der Waals surface area (Å²) >= 11 is 5.98. The van der Waals surface area contributed by atoms with Crippen LogP contribution in [0.4, 0.5) is 5.69 Å². The molecule has 1 amide bonds. The number of nitro groups is 1. The highest BCUT2D eigenvalue weighted by Gasteiger charge is 2.09. The van der Waals surface area contributed by atoms with Crippen molar-refractivity contribution in [1.29, 1.82) is 0 Å². The highest BCUT2D eigenvalue weighted by atomic mass is 35.5. The zero-order chi connectivity index (χ0) is 20.4. The number of amides is 1. The van der Waals surface area contributed by atoms with Crippen LogP contribution in [0.1, 0.15) is 48.5 Å². The van der Waals surface area contributed by atoms with E-state index in [1.54, 1.807) is 24.3 Å². The number of carbonyl (C=O) groups excluding carboxylic acids is 1. The molecule has 7 nitrogen and oxygen atoms in total. The molecule has 0 unspecified atom stereocenters. The lowest BCUT2D eigenvalue weighted by atomic mass is 10.2. The molecular formula is C20H22ClN3O4. The smallest absolute Gasteiger partial charge is 0.271 e. The quantitative estimate of drug-likeness (QED) is 0.262. The monoisotopic (exact) mass is 403 g/mol. The normalized spacial score (nSPS) is 10.8. The van der Waals surface area contributed by atoms with E-state index in [9.17, 15) is 14.9 Å². The van der Waals surface area contributed by atoms with Crippen LogP contribution in [0.3, 0.4) is 0 Å². The Labute approximate surface area is 168 Å². The molecule has 1 N–H and O–H groups in total. The molecule has 2 rings (SSSR count). The summed E-state index contributed by atoms with van der Waals surface area (Å²) in [4.78, 5) is 22.4. The maximum Gasteiger partial charge on any atom is 0.271 e. The lowest BCUT2D eigenvalue weighted by Gasteiger charge is -2.06. The number of ether oxygens (including phenoxy) is 1. The number of non-ortho nitro benzene ring substituents is 1. The molecule has 8 heteroatoms. The molecule has 0 atom stereocenters. The second kappa shape index (κ2) is 11.0. The van der Waals surface area contributed by atoms with Gasteiger partial charge < -0.3 is 4.74 Å². The van der Waals surface area contributed by atoms with E-state index in [1.165, 1.54) is 37.3 Å². The summed E-state index contributed by atoms with van der Waals surface area (Å²) in [5, 5.41) is 14.9. The lowest BCUT2D eigenvalue weighted by Crippen LogP contribution is -2.17. The zero-order valence-corrected chi connectivity index (χ0v) is 16.3. The Kier molecular flexibility index (Phi) is 8.42. The second-order valence-corrected chi connectivity index (χ2v) is 6.50. The minimum Gasteiger partial charge on any atom is -0.494 e. The molecule has 0 heterocycles. The van der Waals surface area contributed by atoms with Crippen molar-refractivity contribution in [1.82, 2.24) is 5.43 Å². The van der Waals surface area contributed by atoms with E-state index in [0.717, 1.165) is 12.8 Å². The van der Waals surface area contributed by atoms with Gasteiger partial charge in [0.25, 0.3) is 11.6 Å². The van der Waals surface area contributed by atoms with Crippen molar-refractivity contribution in [3.63, 3.8) is 0 Å². The Morgan fingerprint density at radius 3 is 2.64 bits per heavy atom. The first kappa shape index (κ1) is 21.4. The van der Waals surface area contributed by atoms with Gasteiger partial charge >= 0.3 is 0 Å². The van der Waals surface area contributed by atoms with E-state index in [-0.39, 0.29) is 5.69 Å². The molecule has 148 valence electrons. The Bertz CT molecular complexity index is 838. The van der Waals surface area contributed by atoms with Crippen LogP contribution in [0.15, 0.2) is 47.6 Å². The third kappa shape index (κ3) is 6.66. The Hall–Kier alpha value is -2.93. The summed E-state index contributed by atoms with van der Waals surface area (Å²) in [6.07, 6.45) is 5.79. The van der Waals surface area contributed by atoms with Crippen LogP contribution in [-0.4, -0.2) is 23.7 Å². The number of rotatable bonds is 10. The van der Waals surface area contributed by atoms with Crippen LogP contribution < -0.4 is 10.2 Å². The lowest BCUT2D eigenvalue weighted by molar-refractivity contribution is -0.384. The fourth-order valence-electron chi connectivity index (χ4n) is 2.39. The minimum atomic E-state index is -0.528. The molecule has 0 fully saturated rings. The molecule has 0 aromatic heterocycles. The van der Waals surface area contributed by atoms with Crippen LogP contribution in [0.5, 0.6) is 5.75 Å². The summed E-state index contributed by atoms with van der Waals surface area (Å²) in [6, 6.07) is 10.7. The highest BCUT2D eigenvalue weighted by Crippen LogP contribution is 2.20. The Balaban J connectivity index is 1.88. The number of nitrogens with one attached hydrogen (secondary N) is 1. The van der Waals surface area contributed by atoms with Gasteiger partial charge in [-0.05, 0) is 36.8 Å². The van der Waals surface area contributed by atoms with Gasteiger partial charge in [-0.2, -0.15) is 5.10 Å². The van der Waals surface area contributed by atoms with Crippen LogP contribution >= 0.6 is 11.6 Å². The van der Waals surface area contributed by atoms with Crippen molar-refractivity contribution < 1.29 is 14.5 Å². The average Bonchev–Trinajstić information content (AvgIpc) is 2.69. The zero-order valence-electron chi connectivity index (χ0n) is 15.6. The van der Waals surface area contributed by atoms with E-state index in [2.05, 4.69) is 17.5 Å². The number of unbranched alkanes of at least 4 members (excludes halogenated alkanes) is 3. The van der Waals surface area contributed by atoms with Gasteiger partial charge in [-0.15, -0.1) is 0 Å². The van der Waals surface area contributed by atoms with E-state index < -0.39 is 10.8 Å². The minimum absolute atomic E-state index is 0.109. The van der Waals surface area contributed by atoms with Crippen molar-refractivity contribution in [3.8, 4) is 5.75 Å². The number of carbonyl (C=O) groups is 1. The number of hydrogen-bond acceptors (Lipinski definition) is 5. The fraction of sp³-hybridized carbons (Fsp3) is 0.300. The van der Waals surface area contributed by atoms with Crippen LogP contribution in [0, 0.1) is 10.1 Å². The van der Waals surface area contributed by atoms with Gasteiger partial charge in [-0.25, -0.2) is 5.43 Å². The Morgan fingerprint density at radius 2 is 1.96 bits per heavy atom. The van der Waals surface area contributed by atoms with Gasteiger partial charge in [-0.3, -0.25) is 14.9 Å². The molecule has 0 aliphatic carbocycles. The van der Waals surface area contributed by atoms with Gasteiger partial charge in [-0.1, -0.05) is 37.8 Å². The summed E-state index contributed by atoms with van der Waals surface area (Å²) in [6.45, 7) is 2.81. The van der Waals surface area contributed by atoms with Crippen molar-refractivity contribution >= 4 is 29.4 Å². The predicted octanol–water partition coefficient (Wildman–Crippen LogP) is 4.97. The van der Waals surface area contributed by atoms with Crippen molar-refractivity contribution in [3.05, 3.63) is 68.7 Å². The summed E-state index contributed by atoms with van der Waals surface area (Å²) in [7, 11) is 0. The van der Waals surface area contributed by atoms with E-state index in [4.69, 9.17) is 16.3 Å². The molecular weight excluding hydrogens is 382 g/mol. The van der Waals surface area contributed by atoms with Crippen LogP contribution in [0.2, 0.25) is 5.02 Å². The summed E-state index contributed by atoms with van der Waals surface area (Å²) in [5.41, 5.74) is 3.01. The largest absolute Gasteiger partial charge is 0.494 e. The van der Waals surface area contributed by atoms with Gasteiger partial charge in [0.15, 0.2) is 0 Å². The van der Waals surface area contributed by atoms with Crippen LogP contribution in [-0.2, 0) is 0 Å². The molecule has 0 radical (unpaired) electrons. The van der Waals surface area contributed by atoms with E-state index in [0.29, 0.717) is 28.5 Å². The topological polar surface area (TPSA) is 93.8 Å². The van der Waals surface area contributed by atoms with Crippen molar-refractivity contribution in [2.45, 2.75) is 32.6 Å². The SMILES string of the molecule is CCCCCCOc1ccc(C(=O)N/N=C/c2cc([N+](=O)[O-])ccc2Cl)cc1. The van der Waals surface area contributed by atoms with E-state index >= 15 is 0 Å². The predicted molar refractivity (Wildman–Crippen MR) is 109 cm³/mol. The third-order valence-electron chi connectivity index (χ3n) is 3.94. The average molecular weight is 404 g/mol. The summed E-state index contributed by atoms with van der Waals surface area (Å²) in [5.74, 6) is 0.298. The number of nitrogens with zero attached hydrogens (tertiary/aromatic N) is 2. The molecule has 2 aromatic carbocycles. The van der Waals surface area contributed by atoms with Crippen LogP contribution in [0.25, 0.3) is 0 Å². The first-order chi connectivity index (χ1) is 13.5. The van der Waals surface area contributed by atoms with Gasteiger partial charge in [0.2, 0.25) is 0 Å². The van der Waals surface area contributed by atoms with Gasteiger partial charge in [0, 0.05) is 28.3 Å². The molecule has 0 aliphatic heterocycles. The standard InChI is InChI=1S/C20H22ClN3O4/c1-2-3-4-5-12-28-18-9-6-15(7-10-18)20(25)23-22-14-16-13-17(24(26)27)8-11-19(16)21/h6-11,13-14H,2-5,12H2,1H3,(H,23,25)/b22-14+. The molecule has 28 heavy (non-hydrogen) atoms. The maximum absolute atomic E-state index is 12.1. The number of benzene rings is 2. The Morgan fingerprint density at radius 1 is 1.21 bits per heavy atom. The maximum atomic E-state index is 12.1. The van der Waals surface area contributed by atoms with Gasteiger partial charge in [0.05, 0.1) is 17.7 Å². The van der Waals surface area contributed by atoms with E-state index in [1.807, 2.05) is 0 Å².